The molecule has 0 aliphatic carbocycles. The highest BCUT2D eigenvalue weighted by Gasteiger charge is 2.15. The average molecular weight is 290 g/mol. The summed E-state index contributed by atoms with van der Waals surface area (Å²) in [7, 11) is 0. The van der Waals surface area contributed by atoms with Crippen LogP contribution in [0, 0.1) is 18.8 Å². The maximum absolute atomic E-state index is 12.1. The van der Waals surface area contributed by atoms with Gasteiger partial charge in [-0.05, 0) is 31.0 Å². The van der Waals surface area contributed by atoms with Crippen LogP contribution in [0.25, 0.3) is 0 Å². The van der Waals surface area contributed by atoms with Crippen LogP contribution in [0.4, 0.5) is 11.4 Å². The monoisotopic (exact) mass is 290 g/mol. The van der Waals surface area contributed by atoms with E-state index in [0.29, 0.717) is 0 Å². The first kappa shape index (κ1) is 17.2. The average Bonchev–Trinajstić information content (AvgIpc) is 2.43. The van der Waals surface area contributed by atoms with Gasteiger partial charge in [0.1, 0.15) is 0 Å². The van der Waals surface area contributed by atoms with Gasteiger partial charge in [-0.3, -0.25) is 9.59 Å². The molecule has 0 bridgehead atoms. The van der Waals surface area contributed by atoms with Gasteiger partial charge in [0.25, 0.3) is 0 Å². The number of benzene rings is 1. The second-order valence-corrected chi connectivity index (χ2v) is 5.80. The van der Waals surface area contributed by atoms with Gasteiger partial charge >= 0.3 is 0 Å². The van der Waals surface area contributed by atoms with E-state index in [1.165, 1.54) is 0 Å². The molecule has 1 aromatic rings. The van der Waals surface area contributed by atoms with Gasteiger partial charge in [-0.1, -0.05) is 40.2 Å². The number of hydrogen-bond donors (Lipinski definition) is 2. The van der Waals surface area contributed by atoms with Crippen molar-refractivity contribution in [1.82, 2.24) is 0 Å². The van der Waals surface area contributed by atoms with Crippen molar-refractivity contribution in [3.8, 4) is 0 Å². The lowest BCUT2D eigenvalue weighted by atomic mass is 10.0. The number of hydrogen-bond acceptors (Lipinski definition) is 2. The standard InChI is InChI=1S/C17H26N2O2/c1-6-8-12(4)17(21)19-15-10-7-9-14(13(15)5)18-16(20)11(2)3/h7,9-12H,6,8H2,1-5H3,(H,18,20)(H,19,21). The minimum Gasteiger partial charge on any atom is -0.326 e. The highest BCUT2D eigenvalue weighted by molar-refractivity contribution is 5.97. The predicted molar refractivity (Wildman–Crippen MR) is 87.3 cm³/mol. The summed E-state index contributed by atoms with van der Waals surface area (Å²) in [6.07, 6.45) is 1.85. The summed E-state index contributed by atoms with van der Waals surface area (Å²) >= 11 is 0. The third-order valence-electron chi connectivity index (χ3n) is 3.54. The number of rotatable bonds is 6. The molecule has 21 heavy (non-hydrogen) atoms. The van der Waals surface area contributed by atoms with Gasteiger partial charge in [-0.2, -0.15) is 0 Å². The maximum atomic E-state index is 12.1. The van der Waals surface area contributed by atoms with Crippen LogP contribution in [0.3, 0.4) is 0 Å². The molecule has 1 unspecified atom stereocenters. The molecule has 116 valence electrons. The van der Waals surface area contributed by atoms with Crippen LogP contribution in [0.1, 0.15) is 46.1 Å². The molecule has 0 spiro atoms. The Morgan fingerprint density at radius 1 is 1.05 bits per heavy atom. The van der Waals surface area contributed by atoms with Crippen LogP contribution in [0.15, 0.2) is 18.2 Å². The van der Waals surface area contributed by atoms with Crippen LogP contribution in [0.2, 0.25) is 0 Å². The number of carbonyl (C=O) groups is 2. The molecule has 0 aliphatic rings. The van der Waals surface area contributed by atoms with E-state index in [1.807, 2.05) is 45.9 Å². The van der Waals surface area contributed by atoms with E-state index >= 15 is 0 Å². The summed E-state index contributed by atoms with van der Waals surface area (Å²) in [6.45, 7) is 9.59. The van der Waals surface area contributed by atoms with E-state index in [9.17, 15) is 9.59 Å². The molecule has 1 atom stereocenters. The SMILES string of the molecule is CCCC(C)C(=O)Nc1cccc(NC(=O)C(C)C)c1C. The van der Waals surface area contributed by atoms with E-state index in [1.54, 1.807) is 0 Å². The summed E-state index contributed by atoms with van der Waals surface area (Å²) in [4.78, 5) is 23.9. The summed E-state index contributed by atoms with van der Waals surface area (Å²) in [5.74, 6) is -0.0938. The molecule has 4 heteroatoms. The van der Waals surface area contributed by atoms with Crippen molar-refractivity contribution in [2.75, 3.05) is 10.6 Å². The van der Waals surface area contributed by atoms with E-state index in [0.717, 1.165) is 29.8 Å². The minimum atomic E-state index is -0.0766. The Morgan fingerprint density at radius 2 is 1.57 bits per heavy atom. The predicted octanol–water partition coefficient (Wildman–Crippen LogP) is 3.96. The Morgan fingerprint density at radius 3 is 2.05 bits per heavy atom. The Labute approximate surface area is 127 Å². The lowest BCUT2D eigenvalue weighted by Crippen LogP contribution is -2.22. The lowest BCUT2D eigenvalue weighted by molar-refractivity contribution is -0.120. The van der Waals surface area contributed by atoms with Crippen LogP contribution < -0.4 is 10.6 Å². The number of carbonyl (C=O) groups excluding carboxylic acids is 2. The van der Waals surface area contributed by atoms with E-state index in [-0.39, 0.29) is 23.7 Å². The topological polar surface area (TPSA) is 58.2 Å². The van der Waals surface area contributed by atoms with E-state index in [2.05, 4.69) is 17.6 Å². The third-order valence-corrected chi connectivity index (χ3v) is 3.54. The van der Waals surface area contributed by atoms with Gasteiger partial charge in [-0.15, -0.1) is 0 Å². The Balaban J connectivity index is 2.85. The van der Waals surface area contributed by atoms with Crippen molar-refractivity contribution in [3.63, 3.8) is 0 Å². The van der Waals surface area contributed by atoms with Crippen molar-refractivity contribution < 1.29 is 9.59 Å². The van der Waals surface area contributed by atoms with Gasteiger partial charge in [0, 0.05) is 23.2 Å². The van der Waals surface area contributed by atoms with Crippen LogP contribution >= 0.6 is 0 Å². The smallest absolute Gasteiger partial charge is 0.227 e. The van der Waals surface area contributed by atoms with Crippen molar-refractivity contribution >= 4 is 23.2 Å². The largest absolute Gasteiger partial charge is 0.326 e. The normalized spacial score (nSPS) is 12.1. The van der Waals surface area contributed by atoms with Gasteiger partial charge in [0.05, 0.1) is 0 Å². The molecule has 0 saturated heterocycles. The first-order valence-electron chi connectivity index (χ1n) is 7.58. The second-order valence-electron chi connectivity index (χ2n) is 5.80. The molecule has 2 amide bonds. The fourth-order valence-electron chi connectivity index (χ4n) is 2.00. The maximum Gasteiger partial charge on any atom is 0.227 e. The Kier molecular flexibility index (Phi) is 6.40. The molecular formula is C17H26N2O2. The Bertz CT molecular complexity index is 510. The molecule has 1 rings (SSSR count). The van der Waals surface area contributed by atoms with Gasteiger partial charge in [0.2, 0.25) is 11.8 Å². The molecule has 1 aromatic carbocycles. The fourth-order valence-corrected chi connectivity index (χ4v) is 2.00. The zero-order valence-electron chi connectivity index (χ0n) is 13.6. The first-order valence-corrected chi connectivity index (χ1v) is 7.58. The molecule has 4 nitrogen and oxygen atoms in total. The minimum absolute atomic E-state index is 0.0108. The highest BCUT2D eigenvalue weighted by atomic mass is 16.2. The lowest BCUT2D eigenvalue weighted by Gasteiger charge is -2.16. The molecular weight excluding hydrogens is 264 g/mol. The zero-order chi connectivity index (χ0) is 16.0. The zero-order valence-corrected chi connectivity index (χ0v) is 13.6. The van der Waals surface area contributed by atoms with Gasteiger partial charge in [-0.25, -0.2) is 0 Å². The summed E-state index contributed by atoms with van der Waals surface area (Å²) in [6, 6.07) is 5.54. The summed E-state index contributed by atoms with van der Waals surface area (Å²) in [5, 5.41) is 5.83. The molecule has 0 aromatic heterocycles. The van der Waals surface area contributed by atoms with Crippen LogP contribution in [-0.4, -0.2) is 11.8 Å². The molecule has 0 saturated carbocycles. The first-order chi connectivity index (χ1) is 9.86. The van der Waals surface area contributed by atoms with Gasteiger partial charge in [0.15, 0.2) is 0 Å². The number of nitrogens with one attached hydrogen (secondary N) is 2. The highest BCUT2D eigenvalue weighted by Crippen LogP contribution is 2.24. The van der Waals surface area contributed by atoms with Crippen molar-refractivity contribution in [2.45, 2.75) is 47.5 Å². The van der Waals surface area contributed by atoms with Gasteiger partial charge < -0.3 is 10.6 Å². The summed E-state index contributed by atoms with van der Waals surface area (Å²) in [5.41, 5.74) is 2.38. The van der Waals surface area contributed by atoms with Crippen LogP contribution in [0.5, 0.6) is 0 Å². The molecule has 0 aliphatic heterocycles. The molecule has 0 heterocycles. The van der Waals surface area contributed by atoms with Crippen molar-refractivity contribution in [1.29, 1.82) is 0 Å². The Hall–Kier alpha value is -1.84. The third kappa shape index (κ3) is 4.88. The van der Waals surface area contributed by atoms with Crippen LogP contribution in [-0.2, 0) is 9.59 Å². The quantitative estimate of drug-likeness (QED) is 0.833. The van der Waals surface area contributed by atoms with Crippen molar-refractivity contribution in [3.05, 3.63) is 23.8 Å². The fraction of sp³-hybridized carbons (Fsp3) is 0.529. The number of anilines is 2. The van der Waals surface area contributed by atoms with E-state index < -0.39 is 0 Å². The molecule has 2 N–H and O–H groups in total. The summed E-state index contributed by atoms with van der Waals surface area (Å²) < 4.78 is 0. The second kappa shape index (κ2) is 7.81. The van der Waals surface area contributed by atoms with Crippen molar-refractivity contribution in [2.24, 2.45) is 11.8 Å². The molecule has 0 radical (unpaired) electrons. The molecule has 0 fully saturated rings. The van der Waals surface area contributed by atoms with E-state index in [4.69, 9.17) is 0 Å². The number of amides is 2.